The Morgan fingerprint density at radius 3 is 1.47 bits per heavy atom. The van der Waals surface area contributed by atoms with Gasteiger partial charge >= 0.3 is 35.5 Å². The van der Waals surface area contributed by atoms with Crippen molar-refractivity contribution in [2.24, 2.45) is 0 Å². The van der Waals surface area contributed by atoms with E-state index in [1.54, 1.807) is 0 Å². The van der Waals surface area contributed by atoms with Crippen LogP contribution in [-0.2, 0) is 9.53 Å². The number of carbonyl (C=O) groups is 1. The van der Waals surface area contributed by atoms with E-state index in [4.69, 9.17) is 4.74 Å². The molecule has 0 unspecified atom stereocenters. The fourth-order valence-electron chi connectivity index (χ4n) is 2.16. The van der Waals surface area contributed by atoms with Gasteiger partial charge in [-0.2, -0.15) is 0 Å². The van der Waals surface area contributed by atoms with E-state index in [1.807, 2.05) is 0 Å². The zero-order valence-corrected chi connectivity index (χ0v) is 12.5. The first-order valence-electron chi connectivity index (χ1n) is 7.90. The molecule has 0 radical (unpaired) electrons. The number of unbranched alkanes of at least 4 members (excludes halogenated alkanes) is 11. The zero-order valence-electron chi connectivity index (χ0n) is 12.5. The molecule has 0 aromatic rings. The number of rotatable bonds is 13. The minimum absolute atomic E-state index is 0. The van der Waals surface area contributed by atoms with Crippen molar-refractivity contribution < 1.29 is 9.53 Å². The van der Waals surface area contributed by atoms with Crippen LogP contribution in [0.5, 0.6) is 0 Å². The van der Waals surface area contributed by atoms with E-state index in [9.17, 15) is 4.79 Å². The van der Waals surface area contributed by atoms with E-state index in [1.165, 1.54) is 77.6 Å². The van der Waals surface area contributed by atoms with Crippen LogP contribution in [0, 0.1) is 0 Å². The number of hydrogen-bond donors (Lipinski definition) is 0. The van der Waals surface area contributed by atoms with Crippen LogP contribution >= 0.6 is 0 Å². The Kier molecular flexibility index (Phi) is 21.2. The third-order valence-corrected chi connectivity index (χ3v) is 3.30. The molecule has 0 N–H and O–H groups in total. The van der Waals surface area contributed by atoms with Gasteiger partial charge in [-0.15, -0.1) is 0 Å². The third kappa shape index (κ3) is 20.9. The molecule has 0 spiro atoms. The van der Waals surface area contributed by atoms with Crippen LogP contribution in [-0.4, -0.2) is 42.1 Å². The Morgan fingerprint density at radius 2 is 1.11 bits per heavy atom. The molecule has 0 rings (SSSR count). The van der Waals surface area contributed by atoms with Gasteiger partial charge in [0.1, 0.15) is 0 Å². The van der Waals surface area contributed by atoms with Crippen LogP contribution in [0.15, 0.2) is 0 Å². The summed E-state index contributed by atoms with van der Waals surface area (Å²) in [5, 5.41) is 0. The number of carbonyl (C=O) groups excluding carboxylic acids is 1. The Balaban J connectivity index is 0. The molecule has 0 atom stereocenters. The third-order valence-electron chi connectivity index (χ3n) is 3.30. The first-order valence-corrected chi connectivity index (χ1v) is 7.90. The second-order valence-corrected chi connectivity index (χ2v) is 5.23. The van der Waals surface area contributed by atoms with Gasteiger partial charge in [0.05, 0.1) is 6.61 Å². The van der Waals surface area contributed by atoms with Crippen LogP contribution in [0.25, 0.3) is 0 Å². The molecule has 0 bridgehead atoms. The second-order valence-electron chi connectivity index (χ2n) is 5.23. The average molecular weight is 280 g/mol. The fourth-order valence-corrected chi connectivity index (χ4v) is 2.16. The second kappa shape index (κ2) is 18.5. The van der Waals surface area contributed by atoms with Crippen molar-refractivity contribution in [3.8, 4) is 0 Å². The summed E-state index contributed by atoms with van der Waals surface area (Å²) in [6.07, 6.45) is 16.1. The zero-order chi connectivity index (χ0) is 13.5. The van der Waals surface area contributed by atoms with Gasteiger partial charge in [-0.3, -0.25) is 4.79 Å². The molecule has 110 valence electrons. The van der Waals surface area contributed by atoms with Crippen molar-refractivity contribution in [3.05, 3.63) is 0 Å². The maximum absolute atomic E-state index is 10.5. The van der Waals surface area contributed by atoms with E-state index in [0.717, 1.165) is 6.42 Å². The van der Waals surface area contributed by atoms with E-state index < -0.39 is 0 Å². The number of ether oxygens (including phenoxy) is 1. The molecule has 3 heteroatoms. The molecule has 0 saturated carbocycles. The number of hydrogen-bond acceptors (Lipinski definition) is 2. The molecule has 0 aliphatic rings. The summed E-state index contributed by atoms with van der Waals surface area (Å²) in [5.74, 6) is -0.155. The molecule has 0 aliphatic carbocycles. The van der Waals surface area contributed by atoms with Crippen LogP contribution in [0.1, 0.15) is 90.9 Å². The van der Waals surface area contributed by atoms with Gasteiger partial charge < -0.3 is 4.74 Å². The summed E-state index contributed by atoms with van der Waals surface area (Å²) in [7, 11) is 0. The van der Waals surface area contributed by atoms with Gasteiger partial charge in [0.2, 0.25) is 0 Å². The summed E-state index contributed by atoms with van der Waals surface area (Å²) >= 11 is 0. The number of esters is 1. The summed E-state index contributed by atoms with van der Waals surface area (Å²) in [4.78, 5) is 10.5. The molecule has 0 aromatic heterocycles. The summed E-state index contributed by atoms with van der Waals surface area (Å²) in [5.41, 5.74) is 0. The molecular formula is C16H33NaO2. The average Bonchev–Trinajstić information content (AvgIpc) is 2.34. The van der Waals surface area contributed by atoms with E-state index in [-0.39, 0.29) is 35.5 Å². The van der Waals surface area contributed by atoms with E-state index >= 15 is 0 Å². The van der Waals surface area contributed by atoms with Crippen molar-refractivity contribution in [1.29, 1.82) is 0 Å². The van der Waals surface area contributed by atoms with Gasteiger partial charge in [0, 0.05) is 6.92 Å². The van der Waals surface area contributed by atoms with E-state index in [0.29, 0.717) is 6.61 Å². The summed E-state index contributed by atoms with van der Waals surface area (Å²) < 4.78 is 4.89. The Labute approximate surface area is 142 Å². The van der Waals surface area contributed by atoms with Crippen molar-refractivity contribution in [2.45, 2.75) is 90.9 Å². The summed E-state index contributed by atoms with van der Waals surface area (Å²) in [6, 6.07) is 0. The van der Waals surface area contributed by atoms with Gasteiger partial charge in [-0.05, 0) is 6.42 Å². The van der Waals surface area contributed by atoms with Crippen LogP contribution in [0.2, 0.25) is 0 Å². The fraction of sp³-hybridized carbons (Fsp3) is 0.938. The first kappa shape index (κ1) is 21.8. The van der Waals surface area contributed by atoms with Gasteiger partial charge in [0.15, 0.2) is 0 Å². The van der Waals surface area contributed by atoms with Crippen molar-refractivity contribution >= 4 is 35.5 Å². The topological polar surface area (TPSA) is 26.3 Å². The van der Waals surface area contributed by atoms with Crippen molar-refractivity contribution in [2.75, 3.05) is 6.61 Å². The van der Waals surface area contributed by atoms with E-state index in [2.05, 4.69) is 6.92 Å². The Bertz CT molecular complexity index is 184. The van der Waals surface area contributed by atoms with Gasteiger partial charge in [-0.25, -0.2) is 0 Å². The van der Waals surface area contributed by atoms with Crippen LogP contribution in [0.4, 0.5) is 0 Å². The normalized spacial score (nSPS) is 10.0. The molecule has 0 heterocycles. The van der Waals surface area contributed by atoms with Crippen LogP contribution in [0.3, 0.4) is 0 Å². The molecule has 2 nitrogen and oxygen atoms in total. The Morgan fingerprint density at radius 1 is 0.737 bits per heavy atom. The summed E-state index contributed by atoms with van der Waals surface area (Å²) in [6.45, 7) is 4.34. The molecular weight excluding hydrogens is 247 g/mol. The van der Waals surface area contributed by atoms with Gasteiger partial charge in [0.25, 0.3) is 0 Å². The standard InChI is InChI=1S/C16H32O2.Na.H/c1-3-4-5-6-7-8-9-10-11-12-13-14-15-18-16(2)17;;/h3-15H2,1-2H3;;. The predicted octanol–water partition coefficient (Wildman–Crippen LogP) is 4.60. The monoisotopic (exact) mass is 280 g/mol. The Hall–Kier alpha value is 0.470. The maximum atomic E-state index is 10.5. The quantitative estimate of drug-likeness (QED) is 0.280. The molecule has 0 saturated heterocycles. The van der Waals surface area contributed by atoms with Crippen molar-refractivity contribution in [1.82, 2.24) is 0 Å². The molecule has 0 fully saturated rings. The van der Waals surface area contributed by atoms with Gasteiger partial charge in [-0.1, -0.05) is 77.6 Å². The molecule has 0 aromatic carbocycles. The SMILES string of the molecule is CCCCCCCCCCCCCCOC(C)=O.[NaH]. The molecule has 0 aliphatic heterocycles. The first-order chi connectivity index (χ1) is 8.77. The minimum atomic E-state index is -0.155. The van der Waals surface area contributed by atoms with Crippen molar-refractivity contribution in [3.63, 3.8) is 0 Å². The predicted molar refractivity (Wildman–Crippen MR) is 84.9 cm³/mol. The van der Waals surface area contributed by atoms with Crippen LogP contribution < -0.4 is 0 Å². The molecule has 0 amide bonds. The molecule has 19 heavy (non-hydrogen) atoms.